The second kappa shape index (κ2) is 7.45. The predicted octanol–water partition coefficient (Wildman–Crippen LogP) is -0.0599. The SMILES string of the molecule is CNC(=O)CCNC(=O)Cc1ccc(CN)cc1. The number of benzene rings is 1. The number of hydrogen-bond acceptors (Lipinski definition) is 3. The monoisotopic (exact) mass is 249 g/mol. The van der Waals surface area contributed by atoms with Gasteiger partial charge in [-0.1, -0.05) is 24.3 Å². The van der Waals surface area contributed by atoms with Gasteiger partial charge in [0.2, 0.25) is 11.8 Å². The quantitative estimate of drug-likeness (QED) is 0.660. The van der Waals surface area contributed by atoms with Crippen molar-refractivity contribution in [3.8, 4) is 0 Å². The molecule has 0 fully saturated rings. The van der Waals surface area contributed by atoms with E-state index in [1.807, 2.05) is 24.3 Å². The molecule has 1 rings (SSSR count). The lowest BCUT2D eigenvalue weighted by molar-refractivity contribution is -0.121. The summed E-state index contributed by atoms with van der Waals surface area (Å²) in [5, 5.41) is 5.20. The summed E-state index contributed by atoms with van der Waals surface area (Å²) in [4.78, 5) is 22.5. The third-order valence-corrected chi connectivity index (χ3v) is 2.58. The number of hydrogen-bond donors (Lipinski definition) is 3. The van der Waals surface area contributed by atoms with Gasteiger partial charge in [0.1, 0.15) is 0 Å². The van der Waals surface area contributed by atoms with Crippen LogP contribution in [0.1, 0.15) is 17.5 Å². The number of nitrogens with one attached hydrogen (secondary N) is 2. The van der Waals surface area contributed by atoms with Crippen LogP contribution in [0.2, 0.25) is 0 Å². The van der Waals surface area contributed by atoms with Crippen molar-refractivity contribution < 1.29 is 9.59 Å². The minimum absolute atomic E-state index is 0.0809. The zero-order valence-electron chi connectivity index (χ0n) is 10.5. The molecule has 0 heterocycles. The van der Waals surface area contributed by atoms with E-state index < -0.39 is 0 Å². The van der Waals surface area contributed by atoms with Crippen LogP contribution in [-0.2, 0) is 22.6 Å². The molecule has 0 saturated heterocycles. The van der Waals surface area contributed by atoms with Gasteiger partial charge in [-0.2, -0.15) is 0 Å². The summed E-state index contributed by atoms with van der Waals surface area (Å²) in [6.07, 6.45) is 0.618. The van der Waals surface area contributed by atoms with Crippen molar-refractivity contribution in [2.75, 3.05) is 13.6 Å². The second-order valence-electron chi connectivity index (χ2n) is 3.97. The van der Waals surface area contributed by atoms with Crippen LogP contribution in [-0.4, -0.2) is 25.4 Å². The molecular formula is C13H19N3O2. The Labute approximate surface area is 107 Å². The van der Waals surface area contributed by atoms with Gasteiger partial charge < -0.3 is 16.4 Å². The van der Waals surface area contributed by atoms with Crippen LogP contribution in [0.4, 0.5) is 0 Å². The largest absolute Gasteiger partial charge is 0.359 e. The molecule has 0 aliphatic heterocycles. The first-order valence-electron chi connectivity index (χ1n) is 5.91. The summed E-state index contributed by atoms with van der Waals surface area (Å²) in [5.74, 6) is -0.165. The van der Waals surface area contributed by atoms with Gasteiger partial charge in [-0.05, 0) is 11.1 Å². The standard InChI is InChI=1S/C13H19N3O2/c1-15-12(17)6-7-16-13(18)8-10-2-4-11(9-14)5-3-10/h2-5H,6-9,14H2,1H3,(H,15,17)(H,16,18). The van der Waals surface area contributed by atoms with Gasteiger partial charge in [-0.25, -0.2) is 0 Å². The molecule has 1 aromatic carbocycles. The minimum atomic E-state index is -0.0839. The Morgan fingerprint density at radius 1 is 1.11 bits per heavy atom. The van der Waals surface area contributed by atoms with E-state index in [0.29, 0.717) is 25.9 Å². The molecule has 0 unspecified atom stereocenters. The van der Waals surface area contributed by atoms with Gasteiger partial charge in [0.25, 0.3) is 0 Å². The highest BCUT2D eigenvalue weighted by atomic mass is 16.2. The minimum Gasteiger partial charge on any atom is -0.359 e. The topological polar surface area (TPSA) is 84.2 Å². The van der Waals surface area contributed by atoms with E-state index in [1.165, 1.54) is 0 Å². The Hall–Kier alpha value is -1.88. The van der Waals surface area contributed by atoms with Gasteiger partial charge in [0.05, 0.1) is 6.42 Å². The summed E-state index contributed by atoms with van der Waals surface area (Å²) in [6.45, 7) is 0.859. The maximum Gasteiger partial charge on any atom is 0.224 e. The number of rotatable bonds is 6. The zero-order valence-corrected chi connectivity index (χ0v) is 10.5. The van der Waals surface area contributed by atoms with Gasteiger partial charge >= 0.3 is 0 Å². The number of carbonyl (C=O) groups is 2. The predicted molar refractivity (Wildman–Crippen MR) is 69.7 cm³/mol. The molecule has 0 spiro atoms. The van der Waals surface area contributed by atoms with Crippen molar-refractivity contribution in [2.24, 2.45) is 5.73 Å². The van der Waals surface area contributed by atoms with Crippen LogP contribution in [0, 0.1) is 0 Å². The lowest BCUT2D eigenvalue weighted by Gasteiger charge is -2.05. The first-order valence-corrected chi connectivity index (χ1v) is 5.91. The molecule has 0 radical (unpaired) electrons. The third kappa shape index (κ3) is 4.97. The lowest BCUT2D eigenvalue weighted by Crippen LogP contribution is -2.30. The molecule has 0 atom stereocenters. The van der Waals surface area contributed by atoms with Crippen molar-refractivity contribution in [3.63, 3.8) is 0 Å². The molecule has 2 amide bonds. The third-order valence-electron chi connectivity index (χ3n) is 2.58. The summed E-state index contributed by atoms with van der Waals surface area (Å²) < 4.78 is 0. The molecule has 5 heteroatoms. The smallest absolute Gasteiger partial charge is 0.224 e. The van der Waals surface area contributed by atoms with Crippen molar-refractivity contribution >= 4 is 11.8 Å². The maximum atomic E-state index is 11.6. The molecule has 0 aliphatic carbocycles. The van der Waals surface area contributed by atoms with Crippen molar-refractivity contribution in [1.29, 1.82) is 0 Å². The molecule has 4 N–H and O–H groups in total. The Morgan fingerprint density at radius 2 is 1.72 bits per heavy atom. The molecule has 5 nitrogen and oxygen atoms in total. The fraction of sp³-hybridized carbons (Fsp3) is 0.385. The van der Waals surface area contributed by atoms with Gasteiger partial charge in [0.15, 0.2) is 0 Å². The van der Waals surface area contributed by atoms with E-state index in [4.69, 9.17) is 5.73 Å². The first-order chi connectivity index (χ1) is 8.65. The molecule has 0 saturated carbocycles. The molecular weight excluding hydrogens is 230 g/mol. The fourth-order valence-corrected chi connectivity index (χ4v) is 1.48. The number of carbonyl (C=O) groups excluding carboxylic acids is 2. The lowest BCUT2D eigenvalue weighted by atomic mass is 10.1. The summed E-state index contributed by atoms with van der Waals surface area (Å²) >= 11 is 0. The van der Waals surface area contributed by atoms with Gasteiger partial charge in [0, 0.05) is 26.6 Å². The highest BCUT2D eigenvalue weighted by molar-refractivity contribution is 5.80. The summed E-state index contributed by atoms with van der Waals surface area (Å²) in [5.41, 5.74) is 7.47. The molecule has 18 heavy (non-hydrogen) atoms. The van der Waals surface area contributed by atoms with E-state index in [0.717, 1.165) is 11.1 Å². The summed E-state index contributed by atoms with van der Waals surface area (Å²) in [7, 11) is 1.57. The van der Waals surface area contributed by atoms with Crippen molar-refractivity contribution in [1.82, 2.24) is 10.6 Å². The van der Waals surface area contributed by atoms with Crippen molar-refractivity contribution in [2.45, 2.75) is 19.4 Å². The molecule has 0 bridgehead atoms. The average molecular weight is 249 g/mol. The molecule has 98 valence electrons. The second-order valence-corrected chi connectivity index (χ2v) is 3.97. The van der Waals surface area contributed by atoms with Crippen LogP contribution in [0.5, 0.6) is 0 Å². The average Bonchev–Trinajstić information content (AvgIpc) is 2.39. The first kappa shape index (κ1) is 14.2. The number of nitrogens with two attached hydrogens (primary N) is 1. The van der Waals surface area contributed by atoms with Crippen LogP contribution in [0.25, 0.3) is 0 Å². The van der Waals surface area contributed by atoms with E-state index in [-0.39, 0.29) is 11.8 Å². The Balaban J connectivity index is 2.32. The number of amides is 2. The Bertz CT molecular complexity index is 401. The molecule has 1 aromatic rings. The van der Waals surface area contributed by atoms with E-state index in [9.17, 15) is 9.59 Å². The highest BCUT2D eigenvalue weighted by Gasteiger charge is 2.04. The normalized spacial score (nSPS) is 9.89. The van der Waals surface area contributed by atoms with E-state index >= 15 is 0 Å². The van der Waals surface area contributed by atoms with E-state index in [1.54, 1.807) is 7.05 Å². The highest BCUT2D eigenvalue weighted by Crippen LogP contribution is 2.04. The van der Waals surface area contributed by atoms with Crippen LogP contribution >= 0.6 is 0 Å². The van der Waals surface area contributed by atoms with Gasteiger partial charge in [-0.15, -0.1) is 0 Å². The Morgan fingerprint density at radius 3 is 2.28 bits per heavy atom. The molecule has 0 aliphatic rings. The molecule has 0 aromatic heterocycles. The van der Waals surface area contributed by atoms with Crippen LogP contribution in [0.15, 0.2) is 24.3 Å². The summed E-state index contributed by atoms with van der Waals surface area (Å²) in [6, 6.07) is 7.60. The van der Waals surface area contributed by atoms with E-state index in [2.05, 4.69) is 10.6 Å². The zero-order chi connectivity index (χ0) is 13.4. The van der Waals surface area contributed by atoms with Crippen LogP contribution in [0.3, 0.4) is 0 Å². The maximum absolute atomic E-state index is 11.6. The van der Waals surface area contributed by atoms with Gasteiger partial charge in [-0.3, -0.25) is 9.59 Å². The van der Waals surface area contributed by atoms with Crippen molar-refractivity contribution in [3.05, 3.63) is 35.4 Å². The Kier molecular flexibility index (Phi) is 5.87. The fourth-order valence-electron chi connectivity index (χ4n) is 1.48. The van der Waals surface area contributed by atoms with Crippen LogP contribution < -0.4 is 16.4 Å².